The van der Waals surface area contributed by atoms with E-state index < -0.39 is 5.82 Å². The Bertz CT molecular complexity index is 659. The van der Waals surface area contributed by atoms with Crippen molar-refractivity contribution in [1.82, 2.24) is 4.98 Å². The molecule has 0 spiro atoms. The van der Waals surface area contributed by atoms with Crippen LogP contribution in [0.3, 0.4) is 0 Å². The molecule has 5 nitrogen and oxygen atoms in total. The van der Waals surface area contributed by atoms with E-state index >= 15 is 0 Å². The molecule has 0 bridgehead atoms. The fraction of sp³-hybridized carbons (Fsp3) is 0.143. The van der Waals surface area contributed by atoms with Crippen LogP contribution in [0, 0.1) is 5.82 Å². The molecule has 2 rings (SSSR count). The molecule has 0 aliphatic rings. The van der Waals surface area contributed by atoms with Crippen LogP contribution in [0.4, 0.5) is 10.2 Å². The first-order chi connectivity index (χ1) is 9.51. The number of hydrogen-bond donors (Lipinski definition) is 2. The lowest BCUT2D eigenvalue weighted by Gasteiger charge is -2.11. The van der Waals surface area contributed by atoms with Crippen molar-refractivity contribution in [2.75, 3.05) is 12.4 Å². The average molecular weight is 276 g/mol. The highest BCUT2D eigenvalue weighted by Gasteiger charge is 2.13. The Morgan fingerprint density at radius 3 is 2.75 bits per heavy atom. The van der Waals surface area contributed by atoms with Crippen molar-refractivity contribution in [2.45, 2.75) is 6.92 Å². The van der Waals surface area contributed by atoms with Gasteiger partial charge in [0.05, 0.1) is 13.3 Å². The Morgan fingerprint density at radius 1 is 1.35 bits per heavy atom. The molecule has 0 fully saturated rings. The van der Waals surface area contributed by atoms with Crippen molar-refractivity contribution in [3.63, 3.8) is 0 Å². The summed E-state index contributed by atoms with van der Waals surface area (Å²) in [6.45, 7) is 1.34. The molecule has 1 aromatic heterocycles. The van der Waals surface area contributed by atoms with Gasteiger partial charge in [-0.05, 0) is 18.2 Å². The molecule has 2 aromatic rings. The number of aromatic nitrogens is 1. The van der Waals surface area contributed by atoms with E-state index in [1.54, 1.807) is 0 Å². The molecule has 0 saturated carbocycles. The zero-order valence-corrected chi connectivity index (χ0v) is 11.0. The zero-order valence-electron chi connectivity index (χ0n) is 11.0. The van der Waals surface area contributed by atoms with Gasteiger partial charge in [-0.25, -0.2) is 9.37 Å². The lowest BCUT2D eigenvalue weighted by Crippen LogP contribution is -2.07. The Labute approximate surface area is 115 Å². The fourth-order valence-corrected chi connectivity index (χ4v) is 1.80. The van der Waals surface area contributed by atoms with Crippen molar-refractivity contribution >= 4 is 11.7 Å². The number of nitrogens with zero attached hydrogens (tertiary/aromatic N) is 1. The first kappa shape index (κ1) is 13.8. The number of phenols is 1. The van der Waals surface area contributed by atoms with Crippen LogP contribution in [0.15, 0.2) is 30.5 Å². The van der Waals surface area contributed by atoms with E-state index in [0.717, 1.165) is 6.20 Å². The summed E-state index contributed by atoms with van der Waals surface area (Å²) in [5.41, 5.74) is 0.678. The summed E-state index contributed by atoms with van der Waals surface area (Å²) in [5, 5.41) is 11.9. The molecule has 0 saturated heterocycles. The van der Waals surface area contributed by atoms with Crippen LogP contribution in [0.1, 0.15) is 6.92 Å². The van der Waals surface area contributed by atoms with Crippen LogP contribution in [0.5, 0.6) is 11.5 Å². The number of nitrogens with one attached hydrogen (secondary N) is 1. The maximum atomic E-state index is 13.9. The van der Waals surface area contributed by atoms with Gasteiger partial charge in [-0.3, -0.25) is 4.79 Å². The van der Waals surface area contributed by atoms with E-state index in [0.29, 0.717) is 11.3 Å². The van der Waals surface area contributed by atoms with Gasteiger partial charge in [0.2, 0.25) is 5.91 Å². The summed E-state index contributed by atoms with van der Waals surface area (Å²) >= 11 is 0. The lowest BCUT2D eigenvalue weighted by atomic mass is 10.0. The highest BCUT2D eigenvalue weighted by atomic mass is 19.1. The normalized spacial score (nSPS) is 10.2. The standard InChI is InChI=1S/C14H13FN2O3/c1-8(18)17-14-6-11(12(15)7-16-14)10-4-3-9(19)5-13(10)20-2/h3-7,19H,1-2H3,(H,16,17,18). The highest BCUT2D eigenvalue weighted by Crippen LogP contribution is 2.35. The number of rotatable bonds is 3. The quantitative estimate of drug-likeness (QED) is 0.903. The number of methoxy groups -OCH3 is 1. The molecule has 20 heavy (non-hydrogen) atoms. The minimum Gasteiger partial charge on any atom is -0.508 e. The van der Waals surface area contributed by atoms with Gasteiger partial charge >= 0.3 is 0 Å². The third-order valence-corrected chi connectivity index (χ3v) is 2.63. The Morgan fingerprint density at radius 2 is 2.10 bits per heavy atom. The van der Waals surface area contributed by atoms with Gasteiger partial charge < -0.3 is 15.2 Å². The van der Waals surface area contributed by atoms with Gasteiger partial charge in [0.25, 0.3) is 0 Å². The number of halogens is 1. The van der Waals surface area contributed by atoms with E-state index in [2.05, 4.69) is 10.3 Å². The van der Waals surface area contributed by atoms with Gasteiger partial charge in [0.15, 0.2) is 0 Å². The Balaban J connectivity index is 2.54. The van der Waals surface area contributed by atoms with Crippen LogP contribution in [0.25, 0.3) is 11.1 Å². The first-order valence-electron chi connectivity index (χ1n) is 5.81. The summed E-state index contributed by atoms with van der Waals surface area (Å²) in [6, 6.07) is 5.75. The topological polar surface area (TPSA) is 71.5 Å². The number of carbonyl (C=O) groups excluding carboxylic acids is 1. The largest absolute Gasteiger partial charge is 0.508 e. The van der Waals surface area contributed by atoms with Gasteiger partial charge in [0.1, 0.15) is 23.1 Å². The second kappa shape index (κ2) is 5.56. The molecule has 1 amide bonds. The number of aromatic hydroxyl groups is 1. The van der Waals surface area contributed by atoms with Crippen molar-refractivity contribution < 1.29 is 19.0 Å². The minimum atomic E-state index is -0.553. The van der Waals surface area contributed by atoms with Crippen LogP contribution in [-0.2, 0) is 4.79 Å². The number of carbonyl (C=O) groups is 1. The Kier molecular flexibility index (Phi) is 3.84. The third kappa shape index (κ3) is 2.85. The molecule has 0 unspecified atom stereocenters. The second-order valence-electron chi connectivity index (χ2n) is 4.12. The molecule has 0 aliphatic carbocycles. The minimum absolute atomic E-state index is 0.0159. The maximum absolute atomic E-state index is 13.9. The molecule has 1 aromatic carbocycles. The summed E-state index contributed by atoms with van der Waals surface area (Å²) < 4.78 is 19.0. The molecule has 6 heteroatoms. The van der Waals surface area contributed by atoms with E-state index in [1.165, 1.54) is 38.3 Å². The number of phenolic OH excluding ortho intramolecular Hbond substituents is 1. The number of pyridine rings is 1. The van der Waals surface area contributed by atoms with Crippen molar-refractivity contribution in [1.29, 1.82) is 0 Å². The van der Waals surface area contributed by atoms with Crippen LogP contribution in [-0.4, -0.2) is 23.1 Å². The van der Waals surface area contributed by atoms with E-state index in [-0.39, 0.29) is 23.0 Å². The van der Waals surface area contributed by atoms with E-state index in [4.69, 9.17) is 4.74 Å². The summed E-state index contributed by atoms with van der Waals surface area (Å²) in [7, 11) is 1.42. The average Bonchev–Trinajstić information content (AvgIpc) is 2.40. The molecular weight excluding hydrogens is 263 g/mol. The molecule has 0 aliphatic heterocycles. The van der Waals surface area contributed by atoms with Gasteiger partial charge in [-0.2, -0.15) is 0 Å². The lowest BCUT2D eigenvalue weighted by molar-refractivity contribution is -0.114. The summed E-state index contributed by atoms with van der Waals surface area (Å²) in [5.74, 6) is -0.272. The smallest absolute Gasteiger partial charge is 0.222 e. The monoisotopic (exact) mass is 276 g/mol. The molecule has 104 valence electrons. The Hall–Kier alpha value is -2.63. The number of anilines is 1. The molecule has 1 heterocycles. The molecular formula is C14H13FN2O3. The first-order valence-corrected chi connectivity index (χ1v) is 5.81. The number of ether oxygens (including phenoxy) is 1. The predicted molar refractivity (Wildman–Crippen MR) is 72.2 cm³/mol. The van der Waals surface area contributed by atoms with Crippen LogP contribution in [0.2, 0.25) is 0 Å². The number of amides is 1. The van der Waals surface area contributed by atoms with Crippen LogP contribution >= 0.6 is 0 Å². The molecule has 0 radical (unpaired) electrons. The number of hydrogen-bond acceptors (Lipinski definition) is 4. The van der Waals surface area contributed by atoms with E-state index in [1.807, 2.05) is 0 Å². The summed E-state index contributed by atoms with van der Waals surface area (Å²) in [6.07, 6.45) is 1.02. The number of benzene rings is 1. The van der Waals surface area contributed by atoms with Crippen molar-refractivity contribution in [3.05, 3.63) is 36.3 Å². The van der Waals surface area contributed by atoms with Crippen molar-refractivity contribution in [3.8, 4) is 22.6 Å². The van der Waals surface area contributed by atoms with E-state index in [9.17, 15) is 14.3 Å². The predicted octanol–water partition coefficient (Wildman–Crippen LogP) is 2.56. The zero-order chi connectivity index (χ0) is 14.7. The molecule has 2 N–H and O–H groups in total. The van der Waals surface area contributed by atoms with Gasteiger partial charge in [0, 0.05) is 24.1 Å². The van der Waals surface area contributed by atoms with Crippen LogP contribution < -0.4 is 10.1 Å². The highest BCUT2D eigenvalue weighted by molar-refractivity contribution is 5.88. The second-order valence-corrected chi connectivity index (χ2v) is 4.12. The maximum Gasteiger partial charge on any atom is 0.222 e. The SMILES string of the molecule is COc1cc(O)ccc1-c1cc(NC(C)=O)ncc1F. The van der Waals surface area contributed by atoms with Gasteiger partial charge in [-0.15, -0.1) is 0 Å². The molecule has 0 atom stereocenters. The van der Waals surface area contributed by atoms with Crippen molar-refractivity contribution in [2.24, 2.45) is 0 Å². The summed E-state index contributed by atoms with van der Waals surface area (Å²) in [4.78, 5) is 14.8. The third-order valence-electron chi connectivity index (χ3n) is 2.63. The fourth-order valence-electron chi connectivity index (χ4n) is 1.80. The van der Waals surface area contributed by atoms with Gasteiger partial charge in [-0.1, -0.05) is 0 Å².